The molecule has 1 atom stereocenters. The van der Waals surface area contributed by atoms with E-state index < -0.39 is 32.9 Å². The van der Waals surface area contributed by atoms with E-state index in [4.69, 9.17) is 5.10 Å². The third kappa shape index (κ3) is 3.22. The van der Waals surface area contributed by atoms with Crippen molar-refractivity contribution in [2.45, 2.75) is 11.5 Å². The highest BCUT2D eigenvalue weighted by molar-refractivity contribution is 7.12. The van der Waals surface area contributed by atoms with Crippen molar-refractivity contribution in [2.24, 2.45) is 5.10 Å². The number of nitrogens with zero attached hydrogens (tertiary/aromatic N) is 4. The maximum Gasteiger partial charge on any atom is 0.269 e. The number of thiophene rings is 1. The Morgan fingerprint density at radius 2 is 1.32 bits per heavy atom. The number of nitro benzene ring substituents is 2. The topological polar surface area (TPSA) is 136 Å². The monoisotopic (exact) mass is 524 g/mol. The molecular weight excluding hydrogens is 508 g/mol. The number of anilines is 1. The minimum absolute atomic E-state index is 0.130. The first-order valence-electron chi connectivity index (χ1n) is 11.4. The number of non-ortho nitro benzene ring substituents is 2. The van der Waals surface area contributed by atoms with E-state index in [9.17, 15) is 29.8 Å². The second-order valence-electron chi connectivity index (χ2n) is 8.80. The van der Waals surface area contributed by atoms with Crippen molar-refractivity contribution in [3.05, 3.63) is 132 Å². The van der Waals surface area contributed by atoms with E-state index in [1.165, 1.54) is 64.9 Å². The highest BCUT2D eigenvalue weighted by atomic mass is 32.1. The zero-order chi connectivity index (χ0) is 26.6. The number of carbonyl (C=O) groups is 2. The van der Waals surface area contributed by atoms with Crippen LogP contribution in [0, 0.1) is 20.2 Å². The van der Waals surface area contributed by atoms with Crippen LogP contribution in [-0.2, 0) is 0 Å². The van der Waals surface area contributed by atoms with E-state index in [0.717, 1.165) is 0 Å². The maximum atomic E-state index is 14.3. The molecule has 2 heterocycles. The van der Waals surface area contributed by atoms with Gasteiger partial charge in [-0.3, -0.25) is 29.8 Å². The van der Waals surface area contributed by atoms with Crippen molar-refractivity contribution < 1.29 is 19.4 Å². The van der Waals surface area contributed by atoms with E-state index in [0.29, 0.717) is 21.8 Å². The van der Waals surface area contributed by atoms with Crippen LogP contribution in [-0.4, -0.2) is 32.7 Å². The standard InChI is InChI=1S/C27H16N4O6S/c32-25-20-4-1-2-5-21(20)26(33)27(25)23(16-7-9-18(10-8-16)30(34)35)24(22-6-3-15-38-22)28-29(27)17-11-13-19(14-12-17)31(36)37/h1-15,23H. The summed E-state index contributed by atoms with van der Waals surface area (Å²) in [6.45, 7) is 0. The van der Waals surface area contributed by atoms with Gasteiger partial charge in [-0.1, -0.05) is 42.5 Å². The Morgan fingerprint density at radius 1 is 0.763 bits per heavy atom. The number of fused-ring (bicyclic) bond motifs is 1. The van der Waals surface area contributed by atoms with Crippen LogP contribution < -0.4 is 5.01 Å². The summed E-state index contributed by atoms with van der Waals surface area (Å²) in [7, 11) is 0. The number of hydrazone groups is 1. The van der Waals surface area contributed by atoms with Crippen molar-refractivity contribution >= 4 is 45.7 Å². The molecule has 1 aliphatic carbocycles. The molecule has 11 heteroatoms. The van der Waals surface area contributed by atoms with Gasteiger partial charge < -0.3 is 0 Å². The summed E-state index contributed by atoms with van der Waals surface area (Å²) in [4.78, 5) is 50.9. The molecule has 1 unspecified atom stereocenters. The molecule has 0 bridgehead atoms. The summed E-state index contributed by atoms with van der Waals surface area (Å²) in [6.07, 6.45) is 0. The molecule has 2 aliphatic rings. The quantitative estimate of drug-likeness (QED) is 0.194. The van der Waals surface area contributed by atoms with Crippen LogP contribution >= 0.6 is 11.3 Å². The third-order valence-electron chi connectivity index (χ3n) is 6.86. The van der Waals surface area contributed by atoms with Crippen molar-refractivity contribution in [2.75, 3.05) is 5.01 Å². The van der Waals surface area contributed by atoms with Gasteiger partial charge in [0.25, 0.3) is 11.4 Å². The Labute approximate surface area is 218 Å². The van der Waals surface area contributed by atoms with Gasteiger partial charge in [0.05, 0.1) is 32.0 Å². The summed E-state index contributed by atoms with van der Waals surface area (Å²) >= 11 is 1.38. The average molecular weight is 525 g/mol. The lowest BCUT2D eigenvalue weighted by atomic mass is 9.73. The van der Waals surface area contributed by atoms with Crippen LogP contribution in [0.25, 0.3) is 0 Å². The lowest BCUT2D eigenvalue weighted by Crippen LogP contribution is -2.57. The summed E-state index contributed by atoms with van der Waals surface area (Å²) in [5.74, 6) is -1.84. The first-order chi connectivity index (χ1) is 18.3. The van der Waals surface area contributed by atoms with Crippen LogP contribution in [0.3, 0.4) is 0 Å². The minimum Gasteiger partial charge on any atom is -0.291 e. The normalized spacial score (nSPS) is 17.5. The van der Waals surface area contributed by atoms with E-state index in [2.05, 4.69) is 0 Å². The molecule has 4 aromatic rings. The zero-order valence-electron chi connectivity index (χ0n) is 19.4. The van der Waals surface area contributed by atoms with Crippen LogP contribution in [0.4, 0.5) is 17.1 Å². The number of benzene rings is 3. The zero-order valence-corrected chi connectivity index (χ0v) is 20.2. The smallest absolute Gasteiger partial charge is 0.269 e. The van der Waals surface area contributed by atoms with Crippen molar-refractivity contribution in [3.63, 3.8) is 0 Å². The Morgan fingerprint density at radius 3 is 1.82 bits per heavy atom. The summed E-state index contributed by atoms with van der Waals surface area (Å²) < 4.78 is 0. The highest BCUT2D eigenvalue weighted by Gasteiger charge is 2.66. The number of Topliss-reactive ketones (excluding diaryl/α,β-unsaturated/α-hetero) is 2. The Kier molecular flexibility index (Phi) is 5.24. The number of rotatable bonds is 5. The van der Waals surface area contributed by atoms with Crippen molar-refractivity contribution in [3.8, 4) is 0 Å². The summed E-state index contributed by atoms with van der Waals surface area (Å²) in [5, 5.41) is 30.6. The van der Waals surface area contributed by atoms with Gasteiger partial charge in [-0.15, -0.1) is 11.3 Å². The molecule has 1 spiro atoms. The minimum atomic E-state index is -1.87. The van der Waals surface area contributed by atoms with Gasteiger partial charge in [0, 0.05) is 35.4 Å². The number of hydrogen-bond acceptors (Lipinski definition) is 9. The molecule has 0 amide bonds. The molecule has 3 aromatic carbocycles. The molecule has 38 heavy (non-hydrogen) atoms. The lowest BCUT2D eigenvalue weighted by molar-refractivity contribution is -0.385. The molecule has 0 radical (unpaired) electrons. The predicted molar refractivity (Wildman–Crippen MR) is 140 cm³/mol. The SMILES string of the molecule is O=C1c2ccccc2C(=O)C12C(c1ccc([N+](=O)[O-])cc1)C(c1cccs1)=NN2c1ccc([N+](=O)[O-])cc1. The fourth-order valence-electron chi connectivity index (χ4n) is 5.19. The fourth-order valence-corrected chi connectivity index (χ4v) is 5.93. The molecule has 186 valence electrons. The average Bonchev–Trinajstić information content (AvgIpc) is 3.63. The van der Waals surface area contributed by atoms with Crippen LogP contribution in [0.15, 0.2) is 95.4 Å². The number of ketones is 2. The van der Waals surface area contributed by atoms with Crippen molar-refractivity contribution in [1.82, 2.24) is 0 Å². The van der Waals surface area contributed by atoms with E-state index in [1.54, 1.807) is 24.3 Å². The third-order valence-corrected chi connectivity index (χ3v) is 7.75. The lowest BCUT2D eigenvalue weighted by Gasteiger charge is -2.36. The predicted octanol–water partition coefficient (Wildman–Crippen LogP) is 5.39. The fraction of sp³-hybridized carbons (Fsp3) is 0.0741. The molecular formula is C27H16N4O6S. The first kappa shape index (κ1) is 23.4. The summed E-state index contributed by atoms with van der Waals surface area (Å²) in [6, 6.07) is 21.4. The Hall–Kier alpha value is -5.03. The van der Waals surface area contributed by atoms with E-state index in [1.807, 2.05) is 17.5 Å². The van der Waals surface area contributed by atoms with Gasteiger partial charge in [0.1, 0.15) is 0 Å². The first-order valence-corrected chi connectivity index (χ1v) is 12.3. The van der Waals surface area contributed by atoms with Crippen LogP contribution in [0.1, 0.15) is 37.1 Å². The second kappa shape index (κ2) is 8.53. The Balaban J connectivity index is 1.63. The molecule has 0 saturated heterocycles. The van der Waals surface area contributed by atoms with Gasteiger partial charge >= 0.3 is 0 Å². The van der Waals surface area contributed by atoms with Crippen LogP contribution in [0.2, 0.25) is 0 Å². The maximum absolute atomic E-state index is 14.3. The number of nitro groups is 2. The van der Waals surface area contributed by atoms with Gasteiger partial charge in [0.15, 0.2) is 11.6 Å². The molecule has 0 fully saturated rings. The Bertz CT molecular complexity index is 1630. The summed E-state index contributed by atoms with van der Waals surface area (Å²) in [5.41, 5.74) is -0.376. The molecule has 1 aromatic heterocycles. The molecule has 0 N–H and O–H groups in total. The van der Waals surface area contributed by atoms with Gasteiger partial charge in [-0.2, -0.15) is 5.10 Å². The van der Waals surface area contributed by atoms with E-state index >= 15 is 0 Å². The van der Waals surface area contributed by atoms with Gasteiger partial charge in [0.2, 0.25) is 5.54 Å². The van der Waals surface area contributed by atoms with Gasteiger partial charge in [-0.05, 0) is 29.1 Å². The van der Waals surface area contributed by atoms with Crippen LogP contribution in [0.5, 0.6) is 0 Å². The largest absolute Gasteiger partial charge is 0.291 e. The molecule has 0 saturated carbocycles. The van der Waals surface area contributed by atoms with Gasteiger partial charge in [-0.25, -0.2) is 5.01 Å². The van der Waals surface area contributed by atoms with E-state index in [-0.39, 0.29) is 22.5 Å². The second-order valence-corrected chi connectivity index (χ2v) is 9.75. The molecule has 1 aliphatic heterocycles. The molecule has 10 nitrogen and oxygen atoms in total. The van der Waals surface area contributed by atoms with Crippen molar-refractivity contribution in [1.29, 1.82) is 0 Å². The number of hydrogen-bond donors (Lipinski definition) is 0. The highest BCUT2D eigenvalue weighted by Crippen LogP contribution is 2.52. The number of carbonyl (C=O) groups excluding carboxylic acids is 2. The molecule has 6 rings (SSSR count).